The molecule has 0 bridgehead atoms. The molecule has 1 amide bonds. The molecular formula is C11H12FNO. The van der Waals surface area contributed by atoms with Crippen molar-refractivity contribution >= 4 is 5.91 Å². The lowest BCUT2D eigenvalue weighted by atomic mass is 10.1. The molecule has 1 atom stereocenters. The van der Waals surface area contributed by atoms with Crippen LogP contribution in [0.15, 0.2) is 36.9 Å². The molecule has 0 aromatic heterocycles. The van der Waals surface area contributed by atoms with Gasteiger partial charge in [0.1, 0.15) is 5.82 Å². The number of carbonyl (C=O) groups excluding carboxylic acids is 1. The van der Waals surface area contributed by atoms with Crippen LogP contribution in [0.5, 0.6) is 0 Å². The highest BCUT2D eigenvalue weighted by molar-refractivity contribution is 5.73. The van der Waals surface area contributed by atoms with Gasteiger partial charge >= 0.3 is 0 Å². The maximum absolute atomic E-state index is 12.9. The second kappa shape index (κ2) is 4.56. The molecule has 0 unspecified atom stereocenters. The minimum absolute atomic E-state index is 0.167. The van der Waals surface area contributed by atoms with Crippen LogP contribution in [0.2, 0.25) is 0 Å². The zero-order valence-corrected chi connectivity index (χ0v) is 7.96. The van der Waals surface area contributed by atoms with Gasteiger partial charge in [-0.15, -0.1) is 6.58 Å². The highest BCUT2D eigenvalue weighted by Gasteiger charge is 2.08. The van der Waals surface area contributed by atoms with Gasteiger partial charge in [0, 0.05) is 6.92 Å². The topological polar surface area (TPSA) is 29.1 Å². The van der Waals surface area contributed by atoms with Crippen LogP contribution in [-0.4, -0.2) is 5.91 Å². The lowest BCUT2D eigenvalue weighted by Gasteiger charge is -2.13. The molecule has 1 rings (SSSR count). The predicted octanol–water partition coefficient (Wildman–Crippen LogP) is 2.19. The van der Waals surface area contributed by atoms with Gasteiger partial charge in [-0.3, -0.25) is 4.79 Å². The van der Waals surface area contributed by atoms with Crippen LogP contribution in [0.1, 0.15) is 18.5 Å². The minimum atomic E-state index is -0.330. The fourth-order valence-electron chi connectivity index (χ4n) is 1.20. The van der Waals surface area contributed by atoms with Crippen molar-refractivity contribution in [2.45, 2.75) is 13.0 Å². The molecule has 0 saturated carbocycles. The molecule has 1 aromatic carbocycles. The Morgan fingerprint density at radius 3 is 2.86 bits per heavy atom. The van der Waals surface area contributed by atoms with E-state index in [4.69, 9.17) is 0 Å². The molecule has 0 aliphatic rings. The van der Waals surface area contributed by atoms with E-state index in [0.29, 0.717) is 5.56 Å². The van der Waals surface area contributed by atoms with E-state index in [1.54, 1.807) is 18.2 Å². The maximum Gasteiger partial charge on any atom is 0.217 e. The van der Waals surface area contributed by atoms with Crippen molar-refractivity contribution in [2.24, 2.45) is 0 Å². The van der Waals surface area contributed by atoms with Crippen molar-refractivity contribution < 1.29 is 9.18 Å². The number of nitrogens with one attached hydrogen (secondary N) is 1. The Morgan fingerprint density at radius 1 is 1.64 bits per heavy atom. The van der Waals surface area contributed by atoms with Crippen LogP contribution in [0.25, 0.3) is 0 Å². The number of amides is 1. The van der Waals surface area contributed by atoms with Gasteiger partial charge in [0.2, 0.25) is 5.91 Å². The van der Waals surface area contributed by atoms with E-state index in [2.05, 4.69) is 11.9 Å². The Labute approximate surface area is 82.4 Å². The Balaban J connectivity index is 2.89. The first kappa shape index (κ1) is 10.4. The van der Waals surface area contributed by atoms with Crippen LogP contribution in [0, 0.1) is 5.82 Å². The lowest BCUT2D eigenvalue weighted by Crippen LogP contribution is -2.24. The zero-order valence-electron chi connectivity index (χ0n) is 7.96. The SMILES string of the molecule is C=C[C@@H](NC(C)=O)c1cccc(F)c1. The largest absolute Gasteiger partial charge is 0.346 e. The van der Waals surface area contributed by atoms with Crippen LogP contribution < -0.4 is 5.32 Å². The van der Waals surface area contributed by atoms with E-state index in [-0.39, 0.29) is 17.8 Å². The van der Waals surface area contributed by atoms with Gasteiger partial charge in [0.05, 0.1) is 6.04 Å². The summed E-state index contributed by atoms with van der Waals surface area (Å²) in [6.07, 6.45) is 1.57. The molecular weight excluding hydrogens is 181 g/mol. The van der Waals surface area contributed by atoms with E-state index in [1.165, 1.54) is 19.1 Å². The van der Waals surface area contributed by atoms with Crippen molar-refractivity contribution in [2.75, 3.05) is 0 Å². The molecule has 2 nitrogen and oxygen atoms in total. The average molecular weight is 193 g/mol. The molecule has 0 radical (unpaired) electrons. The number of hydrogen-bond donors (Lipinski definition) is 1. The molecule has 3 heteroatoms. The monoisotopic (exact) mass is 193 g/mol. The predicted molar refractivity (Wildman–Crippen MR) is 53.2 cm³/mol. The summed E-state index contributed by atoms with van der Waals surface area (Å²) < 4.78 is 12.9. The Morgan fingerprint density at radius 2 is 2.36 bits per heavy atom. The van der Waals surface area contributed by atoms with E-state index >= 15 is 0 Å². The van der Waals surface area contributed by atoms with E-state index in [9.17, 15) is 9.18 Å². The summed E-state index contributed by atoms with van der Waals surface area (Å²) in [6, 6.07) is 5.75. The van der Waals surface area contributed by atoms with Crippen LogP contribution in [0.3, 0.4) is 0 Å². The number of rotatable bonds is 3. The van der Waals surface area contributed by atoms with Crippen molar-refractivity contribution in [3.05, 3.63) is 48.3 Å². The highest BCUT2D eigenvalue weighted by Crippen LogP contribution is 2.14. The standard InChI is InChI=1S/C11H12FNO/c1-3-11(13-8(2)14)9-5-4-6-10(12)7-9/h3-7,11H,1H2,2H3,(H,13,14)/t11-/m1/s1. The third-order valence-electron chi connectivity index (χ3n) is 1.80. The van der Waals surface area contributed by atoms with Gasteiger partial charge in [-0.05, 0) is 17.7 Å². The quantitative estimate of drug-likeness (QED) is 0.732. The van der Waals surface area contributed by atoms with E-state index in [1.807, 2.05) is 0 Å². The van der Waals surface area contributed by atoms with Crippen molar-refractivity contribution in [1.82, 2.24) is 5.32 Å². The molecule has 1 aromatic rings. The number of halogens is 1. The molecule has 0 heterocycles. The van der Waals surface area contributed by atoms with Crippen molar-refractivity contribution in [1.29, 1.82) is 0 Å². The van der Waals surface area contributed by atoms with E-state index in [0.717, 1.165) is 0 Å². The van der Waals surface area contributed by atoms with Crippen LogP contribution >= 0.6 is 0 Å². The number of hydrogen-bond acceptors (Lipinski definition) is 1. The molecule has 0 spiro atoms. The first-order chi connectivity index (χ1) is 6.63. The summed E-state index contributed by atoms with van der Waals surface area (Å²) in [4.78, 5) is 10.8. The van der Waals surface area contributed by atoms with Gasteiger partial charge in [0.25, 0.3) is 0 Å². The molecule has 14 heavy (non-hydrogen) atoms. The van der Waals surface area contributed by atoms with Gasteiger partial charge in [0.15, 0.2) is 0 Å². The smallest absolute Gasteiger partial charge is 0.217 e. The molecule has 74 valence electrons. The average Bonchev–Trinajstić information content (AvgIpc) is 2.14. The fourth-order valence-corrected chi connectivity index (χ4v) is 1.20. The van der Waals surface area contributed by atoms with Gasteiger partial charge < -0.3 is 5.32 Å². The van der Waals surface area contributed by atoms with Gasteiger partial charge in [-0.25, -0.2) is 4.39 Å². The minimum Gasteiger partial charge on any atom is -0.346 e. The Bertz CT molecular complexity index is 349. The second-order valence-corrected chi connectivity index (χ2v) is 2.97. The van der Waals surface area contributed by atoms with Gasteiger partial charge in [-0.2, -0.15) is 0 Å². The summed E-state index contributed by atoms with van der Waals surface area (Å²) in [5.41, 5.74) is 0.690. The Hall–Kier alpha value is -1.64. The second-order valence-electron chi connectivity index (χ2n) is 2.97. The summed E-state index contributed by atoms with van der Waals surface area (Å²) in [6.45, 7) is 5.00. The first-order valence-electron chi connectivity index (χ1n) is 4.28. The number of carbonyl (C=O) groups is 1. The Kier molecular flexibility index (Phi) is 3.40. The molecule has 0 aliphatic carbocycles. The fraction of sp³-hybridized carbons (Fsp3) is 0.182. The van der Waals surface area contributed by atoms with E-state index < -0.39 is 0 Å². The lowest BCUT2D eigenvalue weighted by molar-refractivity contribution is -0.119. The molecule has 1 N–H and O–H groups in total. The molecule has 0 saturated heterocycles. The number of benzene rings is 1. The van der Waals surface area contributed by atoms with Crippen molar-refractivity contribution in [3.8, 4) is 0 Å². The molecule has 0 aliphatic heterocycles. The third kappa shape index (κ3) is 2.69. The van der Waals surface area contributed by atoms with Crippen LogP contribution in [-0.2, 0) is 4.79 Å². The summed E-state index contributed by atoms with van der Waals surface area (Å²) in [5.74, 6) is -0.487. The van der Waals surface area contributed by atoms with Crippen molar-refractivity contribution in [3.63, 3.8) is 0 Å². The molecule has 0 fully saturated rings. The summed E-state index contributed by atoms with van der Waals surface area (Å²) in [5, 5.41) is 2.65. The normalized spacial score (nSPS) is 11.9. The maximum atomic E-state index is 12.9. The highest BCUT2D eigenvalue weighted by atomic mass is 19.1. The summed E-state index contributed by atoms with van der Waals surface area (Å²) in [7, 11) is 0. The first-order valence-corrected chi connectivity index (χ1v) is 4.28. The van der Waals surface area contributed by atoms with Crippen LogP contribution in [0.4, 0.5) is 4.39 Å². The third-order valence-corrected chi connectivity index (χ3v) is 1.80. The van der Waals surface area contributed by atoms with Gasteiger partial charge in [-0.1, -0.05) is 18.2 Å². The summed E-state index contributed by atoms with van der Waals surface area (Å²) >= 11 is 0. The zero-order chi connectivity index (χ0) is 10.6.